The van der Waals surface area contributed by atoms with Crippen molar-refractivity contribution in [2.45, 2.75) is 65.2 Å². The second kappa shape index (κ2) is 18.1. The first-order chi connectivity index (χ1) is 24.1. The van der Waals surface area contributed by atoms with Crippen molar-refractivity contribution in [3.63, 3.8) is 0 Å². The van der Waals surface area contributed by atoms with E-state index in [4.69, 9.17) is 14.2 Å². The van der Waals surface area contributed by atoms with E-state index in [0.29, 0.717) is 37.4 Å². The van der Waals surface area contributed by atoms with Crippen LogP contribution in [-0.4, -0.2) is 71.4 Å². The Morgan fingerprint density at radius 3 is 1.86 bits per heavy atom. The van der Waals surface area contributed by atoms with Gasteiger partial charge >= 0.3 is 0 Å². The van der Waals surface area contributed by atoms with Gasteiger partial charge in [0.25, 0.3) is 0 Å². The summed E-state index contributed by atoms with van der Waals surface area (Å²) in [7, 11) is -6.58. The van der Waals surface area contributed by atoms with Crippen LogP contribution < -0.4 is 14.2 Å². The van der Waals surface area contributed by atoms with Crippen LogP contribution in [0, 0.1) is 0 Å². The van der Waals surface area contributed by atoms with E-state index in [-0.39, 0.29) is 23.4 Å². The summed E-state index contributed by atoms with van der Waals surface area (Å²) in [4.78, 5) is 2.47. The van der Waals surface area contributed by atoms with Gasteiger partial charge in [-0.2, -0.15) is 0 Å². The first-order valence-corrected chi connectivity index (χ1v) is 21.6. The summed E-state index contributed by atoms with van der Waals surface area (Å²) in [6.45, 7) is 7.84. The van der Waals surface area contributed by atoms with E-state index in [0.717, 1.165) is 71.3 Å². The highest BCUT2D eigenvalue weighted by Crippen LogP contribution is 2.35. The highest BCUT2D eigenvalue weighted by atomic mass is 32.2. The Kier molecular flexibility index (Phi) is 13.6. The van der Waals surface area contributed by atoms with Crippen LogP contribution in [0.5, 0.6) is 17.2 Å². The zero-order valence-corrected chi connectivity index (χ0v) is 31.1. The molecule has 4 aromatic rings. The second-order valence-corrected chi connectivity index (χ2v) is 17.5. The van der Waals surface area contributed by atoms with Crippen molar-refractivity contribution in [1.29, 1.82) is 0 Å². The monoisotopic (exact) mass is 721 g/mol. The van der Waals surface area contributed by atoms with Crippen molar-refractivity contribution in [2.24, 2.45) is 0 Å². The van der Waals surface area contributed by atoms with E-state index < -0.39 is 19.7 Å². The van der Waals surface area contributed by atoms with Crippen LogP contribution in [0.25, 0.3) is 21.9 Å². The molecule has 1 saturated heterocycles. The largest absolute Gasteiger partial charge is 0.492 e. The van der Waals surface area contributed by atoms with Crippen LogP contribution in [0.3, 0.4) is 0 Å². The number of benzene rings is 4. The predicted molar refractivity (Wildman–Crippen MR) is 203 cm³/mol. The minimum Gasteiger partial charge on any atom is -0.492 e. The minimum absolute atomic E-state index is 0.116. The van der Waals surface area contributed by atoms with Gasteiger partial charge in [-0.1, -0.05) is 75.6 Å². The van der Waals surface area contributed by atoms with Crippen molar-refractivity contribution in [3.8, 4) is 28.4 Å². The number of nitrogens with zero attached hydrogens (tertiary/aromatic N) is 1. The molecule has 0 spiro atoms. The molecule has 1 aliphatic heterocycles. The summed E-state index contributed by atoms with van der Waals surface area (Å²) < 4.78 is 67.0. The molecule has 0 bridgehead atoms. The molecule has 0 aliphatic carbocycles. The molecule has 0 saturated carbocycles. The van der Waals surface area contributed by atoms with Crippen LogP contribution in [0.2, 0.25) is 0 Å². The fourth-order valence-corrected chi connectivity index (χ4v) is 8.52. The lowest BCUT2D eigenvalue weighted by atomic mass is 9.90. The lowest BCUT2D eigenvalue weighted by Gasteiger charge is -2.26. The lowest BCUT2D eigenvalue weighted by Crippen LogP contribution is -2.33. The van der Waals surface area contributed by atoms with Gasteiger partial charge in [-0.3, -0.25) is 4.90 Å². The summed E-state index contributed by atoms with van der Waals surface area (Å²) in [5, 5.41) is 1.98. The Hall–Kier alpha value is -3.60. The summed E-state index contributed by atoms with van der Waals surface area (Å²) >= 11 is 0. The van der Waals surface area contributed by atoms with E-state index in [9.17, 15) is 16.8 Å². The van der Waals surface area contributed by atoms with Gasteiger partial charge < -0.3 is 14.2 Å². The number of likely N-dealkylation sites (tertiary alicyclic amines) is 1. The Labute approximate surface area is 298 Å². The van der Waals surface area contributed by atoms with Crippen LogP contribution in [0.15, 0.2) is 78.9 Å². The normalized spacial score (nSPS) is 14.1. The number of fused-ring (bicyclic) bond motifs is 1. The van der Waals surface area contributed by atoms with Crippen molar-refractivity contribution in [3.05, 3.63) is 90.0 Å². The molecular weight excluding hydrogens is 671 g/mol. The standard InChI is InChI=1S/C40H51NO7S2/c1-3-5-26-49(42,43)30-47-36-17-12-33(13-18-36)38-20-14-34-29-37(48-31-50(44,45)27-6-4-2)19-21-39(34)40(38)28-32-10-15-35(16-11-32)46-25-24-41-22-8-7-9-23-41/h10-21,29H,3-9,22-28,30-31H2,1-2H3. The summed E-state index contributed by atoms with van der Waals surface area (Å²) in [6, 6.07) is 25.6. The zero-order chi connectivity index (χ0) is 35.4. The summed E-state index contributed by atoms with van der Waals surface area (Å²) in [5.74, 6) is 1.42. The third-order valence-electron chi connectivity index (χ3n) is 9.13. The molecule has 0 N–H and O–H groups in total. The first-order valence-electron chi connectivity index (χ1n) is 17.9. The second-order valence-electron chi connectivity index (χ2n) is 13.2. The number of unbranched alkanes of at least 4 members (excludes halogenated alkanes) is 2. The molecule has 0 atom stereocenters. The average Bonchev–Trinajstić information content (AvgIpc) is 3.13. The van der Waals surface area contributed by atoms with Gasteiger partial charge in [0.15, 0.2) is 31.6 Å². The molecule has 8 nitrogen and oxygen atoms in total. The molecule has 270 valence electrons. The molecule has 0 radical (unpaired) electrons. The third-order valence-corrected chi connectivity index (χ3v) is 11.9. The van der Waals surface area contributed by atoms with E-state index in [1.165, 1.54) is 19.3 Å². The van der Waals surface area contributed by atoms with E-state index in [1.54, 1.807) is 0 Å². The van der Waals surface area contributed by atoms with Gasteiger partial charge in [-0.15, -0.1) is 0 Å². The SMILES string of the molecule is CCCCS(=O)(=O)COc1ccc(-c2ccc3cc(OCS(=O)(=O)CCCC)ccc3c2Cc2ccc(OCCN3CCCCC3)cc2)cc1. The van der Waals surface area contributed by atoms with Gasteiger partial charge in [-0.25, -0.2) is 16.8 Å². The van der Waals surface area contributed by atoms with Crippen LogP contribution in [-0.2, 0) is 26.1 Å². The number of piperidine rings is 1. The molecule has 0 unspecified atom stereocenters. The van der Waals surface area contributed by atoms with E-state index in [1.807, 2.05) is 74.5 Å². The van der Waals surface area contributed by atoms with Crippen molar-refractivity contribution < 1.29 is 31.0 Å². The molecule has 10 heteroatoms. The fraction of sp³-hybridized carbons (Fsp3) is 0.450. The van der Waals surface area contributed by atoms with Crippen molar-refractivity contribution >= 4 is 30.4 Å². The van der Waals surface area contributed by atoms with Crippen LogP contribution in [0.4, 0.5) is 0 Å². The smallest absolute Gasteiger partial charge is 0.189 e. The molecular formula is C40H51NO7S2. The maximum Gasteiger partial charge on any atom is 0.189 e. The predicted octanol–water partition coefficient (Wildman–Crippen LogP) is 8.06. The van der Waals surface area contributed by atoms with Crippen LogP contribution >= 0.6 is 0 Å². The topological polar surface area (TPSA) is 99.2 Å². The van der Waals surface area contributed by atoms with Gasteiger partial charge in [0.05, 0.1) is 11.5 Å². The molecule has 5 rings (SSSR count). The highest BCUT2D eigenvalue weighted by molar-refractivity contribution is 7.91. The van der Waals surface area contributed by atoms with Crippen molar-refractivity contribution in [1.82, 2.24) is 4.90 Å². The molecule has 1 aliphatic rings. The Morgan fingerprint density at radius 1 is 0.640 bits per heavy atom. The molecule has 1 heterocycles. The highest BCUT2D eigenvalue weighted by Gasteiger charge is 2.16. The van der Waals surface area contributed by atoms with Gasteiger partial charge in [0.2, 0.25) is 0 Å². The summed E-state index contributed by atoms with van der Waals surface area (Å²) in [5.41, 5.74) is 4.25. The maximum atomic E-state index is 12.4. The van der Waals surface area contributed by atoms with Gasteiger partial charge in [-0.05, 0) is 115 Å². The quantitative estimate of drug-likeness (QED) is 0.0959. The number of hydrogen-bond acceptors (Lipinski definition) is 8. The molecule has 1 fully saturated rings. The summed E-state index contributed by atoms with van der Waals surface area (Å²) in [6.07, 6.45) is 7.37. The van der Waals surface area contributed by atoms with E-state index in [2.05, 4.69) is 23.1 Å². The molecule has 0 aromatic heterocycles. The van der Waals surface area contributed by atoms with E-state index >= 15 is 0 Å². The Morgan fingerprint density at radius 2 is 1.22 bits per heavy atom. The number of ether oxygens (including phenoxy) is 3. The lowest BCUT2D eigenvalue weighted by molar-refractivity contribution is 0.183. The van der Waals surface area contributed by atoms with Crippen LogP contribution in [0.1, 0.15) is 69.9 Å². The third kappa shape index (κ3) is 11.2. The Balaban J connectivity index is 1.36. The molecule has 0 amide bonds. The number of rotatable bonds is 19. The Bertz CT molecular complexity index is 1880. The maximum absolute atomic E-state index is 12.4. The molecule has 4 aromatic carbocycles. The minimum atomic E-state index is -3.30. The van der Waals surface area contributed by atoms with Crippen molar-refractivity contribution in [2.75, 3.05) is 49.6 Å². The first kappa shape index (κ1) is 37.7. The van der Waals surface area contributed by atoms with Gasteiger partial charge in [0, 0.05) is 6.54 Å². The van der Waals surface area contributed by atoms with Gasteiger partial charge in [0.1, 0.15) is 23.9 Å². The zero-order valence-electron chi connectivity index (χ0n) is 29.4. The number of sulfone groups is 2. The fourth-order valence-electron chi connectivity index (χ4n) is 6.20. The average molecular weight is 722 g/mol. The molecule has 50 heavy (non-hydrogen) atoms. The number of hydrogen-bond donors (Lipinski definition) is 0.